The molecule has 0 aromatic heterocycles. The molecule has 1 fully saturated rings. The topological polar surface area (TPSA) is 122 Å². The third-order valence-corrected chi connectivity index (χ3v) is 4.13. The Kier molecular flexibility index (Phi) is 4.20. The van der Waals surface area contributed by atoms with Crippen LogP contribution in [0.15, 0.2) is 5.16 Å². The molecular weight excluding hydrogens is 258 g/mol. The minimum absolute atomic E-state index is 0.0342. The van der Waals surface area contributed by atoms with Crippen molar-refractivity contribution in [2.75, 3.05) is 18.6 Å². The third-order valence-electron chi connectivity index (χ3n) is 3.18. The number of rotatable bonds is 5. The predicted octanol–water partition coefficient (Wildman–Crippen LogP) is -0.690. The van der Waals surface area contributed by atoms with Crippen molar-refractivity contribution in [2.24, 2.45) is 22.2 Å². The molecule has 0 heterocycles. The number of nitrogens with two attached hydrogens (primary N) is 1. The molecule has 0 saturated heterocycles. The zero-order chi connectivity index (χ0) is 14.0. The van der Waals surface area contributed by atoms with E-state index in [0.717, 1.165) is 6.26 Å². The first-order chi connectivity index (χ1) is 8.21. The van der Waals surface area contributed by atoms with Gasteiger partial charge in [-0.2, -0.15) is 0 Å². The first-order valence-electron chi connectivity index (χ1n) is 5.65. The Hall–Kier alpha value is -1.31. The van der Waals surface area contributed by atoms with Crippen LogP contribution in [0.5, 0.6) is 0 Å². The standard InChI is InChI=1S/C10H19N3O4S/c1-7-5-10(6-7,8(11)13-15)9(14)12-3-4-18(2,16)17/h7,15H,3-6H2,1-2H3,(H2,11,13)(H,12,14). The average Bonchev–Trinajstić information content (AvgIpc) is 2.21. The zero-order valence-electron chi connectivity index (χ0n) is 10.5. The van der Waals surface area contributed by atoms with Crippen molar-refractivity contribution in [3.05, 3.63) is 0 Å². The first-order valence-corrected chi connectivity index (χ1v) is 7.71. The van der Waals surface area contributed by atoms with Gasteiger partial charge in [0.1, 0.15) is 15.3 Å². The molecular formula is C10H19N3O4S. The highest BCUT2D eigenvalue weighted by Crippen LogP contribution is 2.45. The highest BCUT2D eigenvalue weighted by Gasteiger charge is 2.52. The van der Waals surface area contributed by atoms with Gasteiger partial charge >= 0.3 is 0 Å². The van der Waals surface area contributed by atoms with Crippen molar-refractivity contribution < 1.29 is 18.4 Å². The summed E-state index contributed by atoms with van der Waals surface area (Å²) in [6, 6.07) is 0. The molecule has 1 aliphatic rings. The fraction of sp³-hybridized carbons (Fsp3) is 0.800. The van der Waals surface area contributed by atoms with E-state index in [1.807, 2.05) is 6.92 Å². The molecule has 0 spiro atoms. The number of hydrogen-bond donors (Lipinski definition) is 3. The maximum Gasteiger partial charge on any atom is 0.234 e. The molecule has 0 aliphatic heterocycles. The summed E-state index contributed by atoms with van der Waals surface area (Å²) in [4.78, 5) is 12.0. The van der Waals surface area contributed by atoms with Gasteiger partial charge in [-0.3, -0.25) is 4.79 Å². The molecule has 0 bridgehead atoms. The van der Waals surface area contributed by atoms with E-state index in [1.54, 1.807) is 0 Å². The lowest BCUT2D eigenvalue weighted by molar-refractivity contribution is -0.133. The quantitative estimate of drug-likeness (QED) is 0.266. The molecule has 1 amide bonds. The molecule has 0 unspecified atom stereocenters. The van der Waals surface area contributed by atoms with Gasteiger partial charge in [0.05, 0.1) is 5.75 Å². The van der Waals surface area contributed by atoms with E-state index < -0.39 is 15.3 Å². The largest absolute Gasteiger partial charge is 0.409 e. The Balaban J connectivity index is 2.63. The summed E-state index contributed by atoms with van der Waals surface area (Å²) in [7, 11) is -3.12. The molecule has 7 nitrogen and oxygen atoms in total. The van der Waals surface area contributed by atoms with E-state index in [9.17, 15) is 13.2 Å². The Labute approximate surface area is 106 Å². The molecule has 4 N–H and O–H groups in total. The Morgan fingerprint density at radius 1 is 1.56 bits per heavy atom. The lowest BCUT2D eigenvalue weighted by Crippen LogP contribution is -2.57. The number of carbonyl (C=O) groups excluding carboxylic acids is 1. The molecule has 0 aromatic rings. The van der Waals surface area contributed by atoms with Gasteiger partial charge in [0, 0.05) is 12.8 Å². The van der Waals surface area contributed by atoms with E-state index in [1.165, 1.54) is 0 Å². The maximum atomic E-state index is 12.0. The van der Waals surface area contributed by atoms with Crippen LogP contribution in [0.25, 0.3) is 0 Å². The van der Waals surface area contributed by atoms with Crippen molar-refractivity contribution in [1.29, 1.82) is 0 Å². The molecule has 0 radical (unpaired) electrons. The summed E-state index contributed by atoms with van der Waals surface area (Å²) >= 11 is 0. The molecule has 0 aromatic carbocycles. The van der Waals surface area contributed by atoms with Crippen LogP contribution in [0.4, 0.5) is 0 Å². The monoisotopic (exact) mass is 277 g/mol. The van der Waals surface area contributed by atoms with Gasteiger partial charge < -0.3 is 16.3 Å². The summed E-state index contributed by atoms with van der Waals surface area (Å²) < 4.78 is 21.9. The number of amidine groups is 1. The number of amides is 1. The van der Waals surface area contributed by atoms with Crippen LogP contribution in [-0.2, 0) is 14.6 Å². The van der Waals surface area contributed by atoms with Crippen LogP contribution >= 0.6 is 0 Å². The van der Waals surface area contributed by atoms with Crippen LogP contribution in [-0.4, -0.2) is 43.9 Å². The molecule has 1 aliphatic carbocycles. The van der Waals surface area contributed by atoms with Gasteiger partial charge in [-0.1, -0.05) is 12.1 Å². The number of hydrogen-bond acceptors (Lipinski definition) is 5. The SMILES string of the molecule is CC1CC(C(=O)NCCS(C)(=O)=O)(C(N)=NO)C1. The van der Waals surface area contributed by atoms with E-state index >= 15 is 0 Å². The van der Waals surface area contributed by atoms with E-state index in [4.69, 9.17) is 10.9 Å². The minimum atomic E-state index is -3.12. The van der Waals surface area contributed by atoms with Gasteiger partial charge in [-0.25, -0.2) is 8.42 Å². The van der Waals surface area contributed by atoms with Crippen molar-refractivity contribution in [1.82, 2.24) is 5.32 Å². The molecule has 104 valence electrons. The Morgan fingerprint density at radius 3 is 2.50 bits per heavy atom. The zero-order valence-corrected chi connectivity index (χ0v) is 11.3. The molecule has 0 atom stereocenters. The second kappa shape index (κ2) is 5.13. The number of nitrogens with one attached hydrogen (secondary N) is 1. The lowest BCUT2D eigenvalue weighted by atomic mass is 9.61. The smallest absolute Gasteiger partial charge is 0.234 e. The highest BCUT2D eigenvalue weighted by atomic mass is 32.2. The van der Waals surface area contributed by atoms with Crippen molar-refractivity contribution in [3.8, 4) is 0 Å². The summed E-state index contributed by atoms with van der Waals surface area (Å²) in [6.45, 7) is 2.00. The van der Waals surface area contributed by atoms with Gasteiger partial charge in [0.2, 0.25) is 5.91 Å². The third kappa shape index (κ3) is 3.12. The van der Waals surface area contributed by atoms with E-state index in [2.05, 4.69) is 10.5 Å². The Morgan fingerprint density at radius 2 is 2.11 bits per heavy atom. The summed E-state index contributed by atoms with van der Waals surface area (Å²) in [6.07, 6.45) is 2.12. The number of carbonyl (C=O) groups is 1. The molecule has 18 heavy (non-hydrogen) atoms. The second-order valence-electron chi connectivity index (χ2n) is 4.97. The van der Waals surface area contributed by atoms with Crippen LogP contribution < -0.4 is 11.1 Å². The predicted molar refractivity (Wildman–Crippen MR) is 67.0 cm³/mol. The summed E-state index contributed by atoms with van der Waals surface area (Å²) in [5.41, 5.74) is 4.57. The van der Waals surface area contributed by atoms with Crippen LogP contribution in [0.3, 0.4) is 0 Å². The van der Waals surface area contributed by atoms with Crippen LogP contribution in [0.2, 0.25) is 0 Å². The van der Waals surface area contributed by atoms with E-state index in [-0.39, 0.29) is 24.0 Å². The van der Waals surface area contributed by atoms with Gasteiger partial charge in [-0.05, 0) is 18.8 Å². The van der Waals surface area contributed by atoms with Crippen LogP contribution in [0, 0.1) is 11.3 Å². The fourth-order valence-corrected chi connectivity index (χ4v) is 2.73. The van der Waals surface area contributed by atoms with Crippen molar-refractivity contribution >= 4 is 21.6 Å². The summed E-state index contributed by atoms with van der Waals surface area (Å²) in [5.74, 6) is -0.288. The molecule has 1 saturated carbocycles. The average molecular weight is 277 g/mol. The van der Waals surface area contributed by atoms with Crippen LogP contribution in [0.1, 0.15) is 19.8 Å². The fourth-order valence-electron chi connectivity index (χ4n) is 2.26. The van der Waals surface area contributed by atoms with Gasteiger partial charge in [0.15, 0.2) is 5.84 Å². The number of oxime groups is 1. The number of sulfone groups is 1. The second-order valence-corrected chi connectivity index (χ2v) is 7.23. The molecule has 8 heteroatoms. The van der Waals surface area contributed by atoms with Crippen molar-refractivity contribution in [3.63, 3.8) is 0 Å². The highest BCUT2D eigenvalue weighted by molar-refractivity contribution is 7.90. The van der Waals surface area contributed by atoms with Crippen molar-refractivity contribution in [2.45, 2.75) is 19.8 Å². The Bertz CT molecular complexity index is 452. The summed E-state index contributed by atoms with van der Waals surface area (Å²) in [5, 5.41) is 14.2. The first kappa shape index (κ1) is 14.7. The lowest BCUT2D eigenvalue weighted by Gasteiger charge is -2.43. The van der Waals surface area contributed by atoms with Gasteiger partial charge in [0.25, 0.3) is 0 Å². The number of nitrogens with zero attached hydrogens (tertiary/aromatic N) is 1. The van der Waals surface area contributed by atoms with Gasteiger partial charge in [-0.15, -0.1) is 0 Å². The molecule has 1 rings (SSSR count). The normalized spacial score (nSPS) is 28.6. The maximum absolute atomic E-state index is 12.0. The van der Waals surface area contributed by atoms with E-state index in [0.29, 0.717) is 18.8 Å². The minimum Gasteiger partial charge on any atom is -0.409 e.